The normalized spacial score (nSPS) is 11.5. The maximum atomic E-state index is 11.6. The fourth-order valence-corrected chi connectivity index (χ4v) is 8.06. The molecule has 6 nitrogen and oxygen atoms in total. The zero-order valence-electron chi connectivity index (χ0n) is 19.9. The van der Waals surface area contributed by atoms with Gasteiger partial charge < -0.3 is 20.1 Å². The molecule has 0 aliphatic carbocycles. The number of hydrogen-bond acceptors (Lipinski definition) is 7. The fourth-order valence-electron chi connectivity index (χ4n) is 3.23. The average Bonchev–Trinajstić information content (AvgIpc) is 2.84. The van der Waals surface area contributed by atoms with Gasteiger partial charge in [-0.2, -0.15) is 0 Å². The standard InChI is InChI=1S/C24H18O4S5.2Na.2H2O/c25-32(26)23-13-3-1-11-21(23)17-7-5-9-19(15-17)29-31-30-20-10-6-8-18(16-20)22-12-2-4-14-24(22)33(27)28;;;;/h1-16H,(H,25,26)(H,27,28);;;2*1H2/q;2*+1;;/p-2. The summed E-state index contributed by atoms with van der Waals surface area (Å²) in [5, 5.41) is 0. The molecule has 4 aromatic carbocycles. The topological polar surface area (TPSA) is 143 Å². The van der Waals surface area contributed by atoms with Crippen molar-refractivity contribution >= 4 is 53.6 Å². The molecule has 0 bridgehead atoms. The molecule has 2 atom stereocenters. The van der Waals surface area contributed by atoms with Crippen molar-refractivity contribution in [2.75, 3.05) is 0 Å². The van der Waals surface area contributed by atoms with Crippen LogP contribution in [0.2, 0.25) is 0 Å². The van der Waals surface area contributed by atoms with Crippen molar-refractivity contribution in [2.24, 2.45) is 0 Å². The summed E-state index contributed by atoms with van der Waals surface area (Å²) in [4.78, 5) is 2.55. The van der Waals surface area contributed by atoms with Crippen molar-refractivity contribution in [3.63, 3.8) is 0 Å². The monoisotopic (exact) mass is 610 g/mol. The third kappa shape index (κ3) is 10.2. The van der Waals surface area contributed by atoms with Gasteiger partial charge in [0.1, 0.15) is 0 Å². The minimum absolute atomic E-state index is 0. The Labute approximate surface area is 276 Å². The molecular formula is C24H20Na2O6S5. The fraction of sp³-hybridized carbons (Fsp3) is 0. The Hall–Kier alpha value is 0.0700. The summed E-state index contributed by atoms with van der Waals surface area (Å²) in [5.74, 6) is 0. The molecule has 0 aromatic heterocycles. The first-order chi connectivity index (χ1) is 16.0. The van der Waals surface area contributed by atoms with E-state index in [1.54, 1.807) is 67.8 Å². The molecule has 0 heterocycles. The Bertz CT molecular complexity index is 1240. The van der Waals surface area contributed by atoms with Crippen LogP contribution in [0, 0.1) is 0 Å². The van der Waals surface area contributed by atoms with Crippen LogP contribution in [0.25, 0.3) is 22.3 Å². The first-order valence-corrected chi connectivity index (χ1v) is 15.2. The Morgan fingerprint density at radius 3 is 1.30 bits per heavy atom. The molecule has 184 valence electrons. The van der Waals surface area contributed by atoms with Crippen LogP contribution in [0.5, 0.6) is 0 Å². The SMILES string of the molecule is O.O.O=S([O-])c1ccccc1-c1cccc(SSSc2cccc(-c3ccccc3S(=O)[O-])c2)c1.[Na+].[Na+]. The summed E-state index contributed by atoms with van der Waals surface area (Å²) in [7, 11) is 4.73. The smallest absolute Gasteiger partial charge is 0.768 e. The molecule has 2 unspecified atom stereocenters. The molecule has 0 spiro atoms. The van der Waals surface area contributed by atoms with E-state index in [9.17, 15) is 17.5 Å². The molecule has 0 fully saturated rings. The second kappa shape index (κ2) is 18.4. The zero-order chi connectivity index (χ0) is 23.2. The number of rotatable bonds is 8. The molecule has 4 rings (SSSR count). The van der Waals surface area contributed by atoms with E-state index in [2.05, 4.69) is 0 Å². The summed E-state index contributed by atoms with van der Waals surface area (Å²) in [5.41, 5.74) is 3.03. The third-order valence-electron chi connectivity index (χ3n) is 4.68. The van der Waals surface area contributed by atoms with Gasteiger partial charge in [0.05, 0.1) is 0 Å². The van der Waals surface area contributed by atoms with E-state index in [1.165, 1.54) is 0 Å². The van der Waals surface area contributed by atoms with Crippen molar-refractivity contribution in [3.8, 4) is 22.3 Å². The molecule has 0 saturated heterocycles. The van der Waals surface area contributed by atoms with Gasteiger partial charge in [-0.25, -0.2) is 0 Å². The van der Waals surface area contributed by atoms with Crippen LogP contribution in [-0.2, 0) is 22.2 Å². The molecular weight excluding hydrogens is 591 g/mol. The summed E-state index contributed by atoms with van der Waals surface area (Å²) in [6.07, 6.45) is 0. The minimum atomic E-state index is -2.31. The Morgan fingerprint density at radius 2 is 0.919 bits per heavy atom. The van der Waals surface area contributed by atoms with Gasteiger partial charge in [-0.05, 0) is 112 Å². The Balaban J connectivity index is 0.00000324. The van der Waals surface area contributed by atoms with Gasteiger partial charge in [0, 0.05) is 19.6 Å². The van der Waals surface area contributed by atoms with Crippen molar-refractivity contribution in [3.05, 3.63) is 97.1 Å². The molecule has 13 heteroatoms. The molecule has 0 aliphatic heterocycles. The molecule has 0 radical (unpaired) electrons. The van der Waals surface area contributed by atoms with Gasteiger partial charge in [-0.3, -0.25) is 8.42 Å². The van der Waals surface area contributed by atoms with E-state index in [-0.39, 0.29) is 79.9 Å². The summed E-state index contributed by atoms with van der Waals surface area (Å²) in [6, 6.07) is 29.4. The van der Waals surface area contributed by atoms with Crippen LogP contribution in [-0.4, -0.2) is 28.5 Å². The maximum Gasteiger partial charge on any atom is 1.00 e. The third-order valence-corrected chi connectivity index (χ3v) is 9.93. The molecule has 0 amide bonds. The average molecular weight is 611 g/mol. The van der Waals surface area contributed by atoms with E-state index < -0.39 is 22.2 Å². The Kier molecular flexibility index (Phi) is 18.5. The van der Waals surface area contributed by atoms with E-state index in [0.29, 0.717) is 11.1 Å². The molecule has 4 aromatic rings. The van der Waals surface area contributed by atoms with Crippen molar-refractivity contribution < 1.29 is 87.6 Å². The quantitative estimate of drug-likeness (QED) is 0.146. The first kappa shape index (κ1) is 37.1. The second-order valence-electron chi connectivity index (χ2n) is 6.75. The van der Waals surface area contributed by atoms with Gasteiger partial charge in [0.2, 0.25) is 0 Å². The summed E-state index contributed by atoms with van der Waals surface area (Å²) in [6.45, 7) is 0. The zero-order valence-corrected chi connectivity index (χ0v) is 28.0. The van der Waals surface area contributed by atoms with Gasteiger partial charge in [0.15, 0.2) is 0 Å². The molecule has 0 aliphatic rings. The predicted octanol–water partition coefficient (Wildman–Crippen LogP) is -0.697. The van der Waals surface area contributed by atoms with Crippen LogP contribution < -0.4 is 59.1 Å². The van der Waals surface area contributed by atoms with Crippen LogP contribution in [0.4, 0.5) is 0 Å². The van der Waals surface area contributed by atoms with Crippen LogP contribution in [0.15, 0.2) is 117 Å². The van der Waals surface area contributed by atoms with Crippen LogP contribution in [0.1, 0.15) is 0 Å². The van der Waals surface area contributed by atoms with E-state index in [1.807, 2.05) is 60.7 Å². The van der Waals surface area contributed by atoms with E-state index >= 15 is 0 Å². The van der Waals surface area contributed by atoms with Crippen LogP contribution in [0.3, 0.4) is 0 Å². The minimum Gasteiger partial charge on any atom is -0.768 e. The van der Waals surface area contributed by atoms with E-state index in [4.69, 9.17) is 0 Å². The van der Waals surface area contributed by atoms with E-state index in [0.717, 1.165) is 20.9 Å². The van der Waals surface area contributed by atoms with Gasteiger partial charge in [-0.1, -0.05) is 60.7 Å². The Morgan fingerprint density at radius 1 is 0.541 bits per heavy atom. The summed E-state index contributed by atoms with van der Waals surface area (Å²) < 4.78 is 46.2. The molecule has 4 N–H and O–H groups in total. The van der Waals surface area contributed by atoms with Gasteiger partial charge in [-0.15, -0.1) is 0 Å². The van der Waals surface area contributed by atoms with Crippen molar-refractivity contribution in [1.29, 1.82) is 0 Å². The first-order valence-electron chi connectivity index (χ1n) is 9.61. The van der Waals surface area contributed by atoms with Crippen molar-refractivity contribution in [2.45, 2.75) is 19.6 Å². The van der Waals surface area contributed by atoms with Crippen molar-refractivity contribution in [1.82, 2.24) is 0 Å². The summed E-state index contributed by atoms with van der Waals surface area (Å²) >= 11 is -4.61. The van der Waals surface area contributed by atoms with Crippen LogP contribution >= 0.6 is 31.4 Å². The maximum absolute atomic E-state index is 11.6. The predicted molar refractivity (Wildman–Crippen MR) is 145 cm³/mol. The van der Waals surface area contributed by atoms with Gasteiger partial charge in [0.25, 0.3) is 0 Å². The van der Waals surface area contributed by atoms with Gasteiger partial charge >= 0.3 is 59.1 Å². The number of benzene rings is 4. The second-order valence-corrected chi connectivity index (χ2v) is 12.6. The molecule has 0 saturated carbocycles. The largest absolute Gasteiger partial charge is 1.00 e. The number of hydrogen-bond donors (Lipinski definition) is 0. The molecule has 37 heavy (non-hydrogen) atoms.